The summed E-state index contributed by atoms with van der Waals surface area (Å²) in [6.45, 7) is 5.71. The second-order valence-corrected chi connectivity index (χ2v) is 7.60. The van der Waals surface area contributed by atoms with Crippen molar-refractivity contribution in [1.29, 1.82) is 0 Å². The number of hydrogen-bond acceptors (Lipinski definition) is 3. The van der Waals surface area contributed by atoms with E-state index in [1.54, 1.807) is 24.3 Å². The number of nitrogens with two attached hydrogens (primary N) is 1. The minimum Gasteiger partial charge on any atom is -0.397 e. The Labute approximate surface area is 133 Å². The largest absolute Gasteiger partial charge is 0.397 e. The molecule has 0 amide bonds. The van der Waals surface area contributed by atoms with Gasteiger partial charge in [-0.3, -0.25) is 4.72 Å². The number of nitrogens with one attached hydrogen (secondary N) is 1. The van der Waals surface area contributed by atoms with E-state index in [1.165, 1.54) is 0 Å². The Hall–Kier alpha value is -1.53. The summed E-state index contributed by atoms with van der Waals surface area (Å²) in [7, 11) is -3.67. The SMILES string of the molecule is Cc1cc(N)c(NS(=O)(=O)c2ccc(C)c(C)c2)c(Br)c1. The molecular weight excluding hydrogens is 352 g/mol. The summed E-state index contributed by atoms with van der Waals surface area (Å²) in [6, 6.07) is 8.56. The highest BCUT2D eigenvalue weighted by Crippen LogP contribution is 2.32. The maximum absolute atomic E-state index is 12.5. The van der Waals surface area contributed by atoms with Gasteiger partial charge in [0.1, 0.15) is 0 Å². The summed E-state index contributed by atoms with van der Waals surface area (Å²) in [5, 5.41) is 0. The molecule has 0 unspecified atom stereocenters. The van der Waals surface area contributed by atoms with E-state index in [9.17, 15) is 8.42 Å². The van der Waals surface area contributed by atoms with E-state index in [0.717, 1.165) is 16.7 Å². The molecule has 2 aromatic rings. The van der Waals surface area contributed by atoms with Gasteiger partial charge in [-0.15, -0.1) is 0 Å². The highest BCUT2D eigenvalue weighted by Gasteiger charge is 2.18. The fourth-order valence-corrected chi connectivity index (χ4v) is 3.96. The number of hydrogen-bond donors (Lipinski definition) is 2. The molecule has 0 aliphatic rings. The van der Waals surface area contributed by atoms with E-state index >= 15 is 0 Å². The van der Waals surface area contributed by atoms with Gasteiger partial charge in [-0.2, -0.15) is 0 Å². The van der Waals surface area contributed by atoms with Crippen LogP contribution in [0.1, 0.15) is 16.7 Å². The minimum absolute atomic E-state index is 0.220. The number of benzene rings is 2. The second kappa shape index (κ2) is 5.69. The fourth-order valence-electron chi connectivity index (χ4n) is 1.95. The van der Waals surface area contributed by atoms with Gasteiger partial charge < -0.3 is 5.73 Å². The molecule has 0 bridgehead atoms. The lowest BCUT2D eigenvalue weighted by Crippen LogP contribution is -2.15. The maximum Gasteiger partial charge on any atom is 0.262 e. The first-order chi connectivity index (χ1) is 9.70. The van der Waals surface area contributed by atoms with Crippen molar-refractivity contribution in [2.45, 2.75) is 25.7 Å². The van der Waals surface area contributed by atoms with Gasteiger partial charge >= 0.3 is 0 Å². The Morgan fingerprint density at radius 2 is 1.71 bits per heavy atom. The zero-order chi connectivity index (χ0) is 15.8. The van der Waals surface area contributed by atoms with Crippen LogP contribution in [-0.2, 0) is 10.0 Å². The first-order valence-electron chi connectivity index (χ1n) is 6.36. The molecule has 6 heteroatoms. The van der Waals surface area contributed by atoms with Crippen molar-refractivity contribution in [2.75, 3.05) is 10.5 Å². The molecule has 0 fully saturated rings. The van der Waals surface area contributed by atoms with Crippen molar-refractivity contribution >= 4 is 37.3 Å². The number of halogens is 1. The fraction of sp³-hybridized carbons (Fsp3) is 0.200. The Kier molecular flexibility index (Phi) is 4.30. The zero-order valence-electron chi connectivity index (χ0n) is 12.1. The molecule has 3 N–H and O–H groups in total. The van der Waals surface area contributed by atoms with E-state index in [-0.39, 0.29) is 4.90 Å². The van der Waals surface area contributed by atoms with Crippen LogP contribution in [-0.4, -0.2) is 8.42 Å². The third-order valence-electron chi connectivity index (χ3n) is 3.29. The molecule has 4 nitrogen and oxygen atoms in total. The first kappa shape index (κ1) is 15.9. The summed E-state index contributed by atoms with van der Waals surface area (Å²) in [6.07, 6.45) is 0. The van der Waals surface area contributed by atoms with E-state index in [2.05, 4.69) is 20.7 Å². The molecule has 112 valence electrons. The van der Waals surface area contributed by atoms with Crippen LogP contribution in [0.3, 0.4) is 0 Å². The van der Waals surface area contributed by atoms with Gasteiger partial charge in [0.05, 0.1) is 16.3 Å². The molecule has 0 aromatic heterocycles. The quantitative estimate of drug-likeness (QED) is 0.810. The molecular formula is C15H17BrN2O2S. The van der Waals surface area contributed by atoms with Gasteiger partial charge in [0.25, 0.3) is 10.0 Å². The third-order valence-corrected chi connectivity index (χ3v) is 5.26. The minimum atomic E-state index is -3.67. The monoisotopic (exact) mass is 368 g/mol. The number of anilines is 2. The number of sulfonamides is 1. The van der Waals surface area contributed by atoms with E-state index < -0.39 is 10.0 Å². The molecule has 0 saturated heterocycles. The van der Waals surface area contributed by atoms with Gasteiger partial charge in [0.15, 0.2) is 0 Å². The van der Waals surface area contributed by atoms with Crippen molar-refractivity contribution in [3.63, 3.8) is 0 Å². The van der Waals surface area contributed by atoms with Gasteiger partial charge in [0.2, 0.25) is 0 Å². The molecule has 0 aliphatic heterocycles. The van der Waals surface area contributed by atoms with Gasteiger partial charge in [-0.05, 0) is 77.7 Å². The second-order valence-electron chi connectivity index (χ2n) is 5.06. The van der Waals surface area contributed by atoms with Crippen LogP contribution in [0.4, 0.5) is 11.4 Å². The summed E-state index contributed by atoms with van der Waals surface area (Å²) in [5.74, 6) is 0. The van der Waals surface area contributed by atoms with Crippen LogP contribution < -0.4 is 10.5 Å². The Balaban J connectivity index is 2.44. The van der Waals surface area contributed by atoms with Crippen molar-refractivity contribution in [1.82, 2.24) is 0 Å². The lowest BCUT2D eigenvalue weighted by atomic mass is 10.1. The molecule has 2 aromatic carbocycles. The summed E-state index contributed by atoms with van der Waals surface area (Å²) in [4.78, 5) is 0.220. The lowest BCUT2D eigenvalue weighted by Gasteiger charge is -2.14. The van der Waals surface area contributed by atoms with Gasteiger partial charge in [-0.1, -0.05) is 6.07 Å². The summed E-state index contributed by atoms with van der Waals surface area (Å²) < 4.78 is 28.1. The normalized spacial score (nSPS) is 11.4. The first-order valence-corrected chi connectivity index (χ1v) is 8.64. The molecule has 0 heterocycles. The van der Waals surface area contributed by atoms with E-state index in [0.29, 0.717) is 15.8 Å². The molecule has 21 heavy (non-hydrogen) atoms. The average Bonchev–Trinajstić information content (AvgIpc) is 2.37. The van der Waals surface area contributed by atoms with Crippen LogP contribution in [0.15, 0.2) is 39.7 Å². The van der Waals surface area contributed by atoms with E-state index in [4.69, 9.17) is 5.73 Å². The molecule has 0 aliphatic carbocycles. The van der Waals surface area contributed by atoms with Gasteiger partial charge in [-0.25, -0.2) is 8.42 Å². The zero-order valence-corrected chi connectivity index (χ0v) is 14.5. The topological polar surface area (TPSA) is 72.2 Å². The summed E-state index contributed by atoms with van der Waals surface area (Å²) in [5.41, 5.74) is 9.57. The van der Waals surface area contributed by atoms with Crippen LogP contribution in [0.25, 0.3) is 0 Å². The van der Waals surface area contributed by atoms with Crippen molar-refractivity contribution in [3.8, 4) is 0 Å². The Morgan fingerprint density at radius 1 is 1.05 bits per heavy atom. The lowest BCUT2D eigenvalue weighted by molar-refractivity contribution is 0.601. The highest BCUT2D eigenvalue weighted by molar-refractivity contribution is 9.10. The Morgan fingerprint density at radius 3 is 2.29 bits per heavy atom. The molecule has 2 rings (SSSR count). The number of aryl methyl sites for hydroxylation is 3. The van der Waals surface area contributed by atoms with Crippen molar-refractivity contribution in [3.05, 3.63) is 51.5 Å². The molecule has 0 radical (unpaired) electrons. The van der Waals surface area contributed by atoms with Crippen molar-refractivity contribution in [2.24, 2.45) is 0 Å². The predicted molar refractivity (Wildman–Crippen MR) is 90.0 cm³/mol. The molecule has 0 spiro atoms. The number of rotatable bonds is 3. The third kappa shape index (κ3) is 3.39. The number of nitrogen functional groups attached to an aromatic ring is 1. The highest BCUT2D eigenvalue weighted by atomic mass is 79.9. The smallest absolute Gasteiger partial charge is 0.262 e. The van der Waals surface area contributed by atoms with Crippen LogP contribution >= 0.6 is 15.9 Å². The van der Waals surface area contributed by atoms with Crippen LogP contribution in [0, 0.1) is 20.8 Å². The average molecular weight is 369 g/mol. The maximum atomic E-state index is 12.5. The molecule has 0 saturated carbocycles. The Bertz CT molecular complexity index is 778. The predicted octanol–water partition coefficient (Wildman–Crippen LogP) is 3.76. The van der Waals surface area contributed by atoms with Gasteiger partial charge in [0, 0.05) is 4.47 Å². The van der Waals surface area contributed by atoms with E-state index in [1.807, 2.05) is 26.8 Å². The standard InChI is InChI=1S/C15H17BrN2O2S/c1-9-6-13(16)15(14(17)7-9)18-21(19,20)12-5-4-10(2)11(3)8-12/h4-8,18H,17H2,1-3H3. The summed E-state index contributed by atoms with van der Waals surface area (Å²) >= 11 is 3.34. The van der Waals surface area contributed by atoms with Crippen LogP contribution in [0.2, 0.25) is 0 Å². The van der Waals surface area contributed by atoms with Crippen molar-refractivity contribution < 1.29 is 8.42 Å². The molecule has 0 atom stereocenters. The van der Waals surface area contributed by atoms with Crippen LogP contribution in [0.5, 0.6) is 0 Å².